The molecule has 0 saturated heterocycles. The normalized spacial score (nSPS) is 14.2. The largest absolute Gasteiger partial charge is 0.371 e. The molecule has 0 aliphatic carbocycles. The van der Waals surface area contributed by atoms with Gasteiger partial charge in [0.1, 0.15) is 16.5 Å². The number of likely N-dealkylation sites (N-methyl/N-ethyl adjacent to an activating group) is 1. The molecular weight excluding hydrogens is 410 g/mol. The van der Waals surface area contributed by atoms with E-state index in [0.29, 0.717) is 23.4 Å². The molecule has 0 atom stereocenters. The average Bonchev–Trinajstić information content (AvgIpc) is 3.10. The van der Waals surface area contributed by atoms with E-state index in [9.17, 15) is 12.8 Å². The summed E-state index contributed by atoms with van der Waals surface area (Å²) >= 11 is 0. The molecule has 1 aromatic heterocycles. The Morgan fingerprint density at radius 1 is 1.00 bits per heavy atom. The van der Waals surface area contributed by atoms with Crippen molar-refractivity contribution < 1.29 is 17.2 Å². The first-order valence-corrected chi connectivity index (χ1v) is 10.9. The van der Waals surface area contributed by atoms with Crippen molar-refractivity contribution >= 4 is 21.4 Å². The van der Waals surface area contributed by atoms with Gasteiger partial charge in [0.05, 0.1) is 24.1 Å². The number of benzene rings is 2. The van der Waals surface area contributed by atoms with Crippen LogP contribution in [-0.2, 0) is 17.1 Å². The Hall–Kier alpha value is -2.94. The number of sulfonamides is 1. The lowest BCUT2D eigenvalue weighted by Gasteiger charge is -2.37. The van der Waals surface area contributed by atoms with Crippen molar-refractivity contribution in [3.63, 3.8) is 0 Å². The van der Waals surface area contributed by atoms with Crippen LogP contribution in [0.3, 0.4) is 0 Å². The number of fused-ring (bicyclic) bond motifs is 1. The first kappa shape index (κ1) is 20.3. The Bertz CT molecular complexity index is 1230. The summed E-state index contributed by atoms with van der Waals surface area (Å²) in [6, 6.07) is 5.69. The van der Waals surface area contributed by atoms with Gasteiger partial charge in [-0.15, -0.1) is 0 Å². The molecule has 2 heterocycles. The van der Waals surface area contributed by atoms with Gasteiger partial charge in [-0.05, 0) is 49.2 Å². The van der Waals surface area contributed by atoms with Crippen molar-refractivity contribution in [3.05, 3.63) is 59.4 Å². The minimum absolute atomic E-state index is 0.0966. The van der Waals surface area contributed by atoms with Crippen LogP contribution in [0.15, 0.2) is 41.6 Å². The van der Waals surface area contributed by atoms with Gasteiger partial charge < -0.3 is 4.90 Å². The highest BCUT2D eigenvalue weighted by molar-refractivity contribution is 7.93. The number of anilines is 2. The van der Waals surface area contributed by atoms with Crippen LogP contribution in [0.25, 0.3) is 11.1 Å². The van der Waals surface area contributed by atoms with Crippen molar-refractivity contribution in [2.45, 2.75) is 18.7 Å². The van der Waals surface area contributed by atoms with Crippen LogP contribution in [0, 0.1) is 25.5 Å². The van der Waals surface area contributed by atoms with Gasteiger partial charge in [-0.3, -0.25) is 8.99 Å². The number of aromatic nitrogens is 2. The maximum atomic E-state index is 15.2. The van der Waals surface area contributed by atoms with Gasteiger partial charge in [-0.2, -0.15) is 5.10 Å². The van der Waals surface area contributed by atoms with Crippen LogP contribution < -0.4 is 9.21 Å². The molecule has 0 N–H and O–H groups in total. The fourth-order valence-corrected chi connectivity index (χ4v) is 5.69. The van der Waals surface area contributed by atoms with Gasteiger partial charge in [0.15, 0.2) is 0 Å². The summed E-state index contributed by atoms with van der Waals surface area (Å²) in [5.41, 5.74) is 2.56. The average molecular weight is 432 g/mol. The van der Waals surface area contributed by atoms with E-state index in [1.54, 1.807) is 43.2 Å². The van der Waals surface area contributed by atoms with E-state index in [2.05, 4.69) is 5.10 Å². The molecule has 0 bridgehead atoms. The molecule has 30 heavy (non-hydrogen) atoms. The van der Waals surface area contributed by atoms with Gasteiger partial charge >= 0.3 is 0 Å². The molecule has 0 spiro atoms. The van der Waals surface area contributed by atoms with Crippen LogP contribution in [0.1, 0.15) is 11.1 Å². The third-order valence-electron chi connectivity index (χ3n) is 5.46. The molecule has 4 rings (SSSR count). The summed E-state index contributed by atoms with van der Waals surface area (Å²) in [5, 5.41) is 4.07. The highest BCUT2D eigenvalue weighted by Crippen LogP contribution is 2.40. The quantitative estimate of drug-likeness (QED) is 0.634. The van der Waals surface area contributed by atoms with E-state index in [4.69, 9.17) is 0 Å². The molecule has 0 saturated carbocycles. The monoisotopic (exact) mass is 432 g/mol. The first-order chi connectivity index (χ1) is 14.1. The second-order valence-corrected chi connectivity index (χ2v) is 9.34. The minimum atomic E-state index is -4.25. The van der Waals surface area contributed by atoms with Gasteiger partial charge in [-0.1, -0.05) is 0 Å². The van der Waals surface area contributed by atoms with E-state index in [0.717, 1.165) is 4.31 Å². The van der Waals surface area contributed by atoms with Gasteiger partial charge in [0.2, 0.25) is 0 Å². The van der Waals surface area contributed by atoms with Crippen molar-refractivity contribution in [1.82, 2.24) is 9.78 Å². The Morgan fingerprint density at radius 3 is 2.37 bits per heavy atom. The number of nitrogens with zero attached hydrogens (tertiary/aromatic N) is 4. The zero-order chi connectivity index (χ0) is 21.8. The highest BCUT2D eigenvalue weighted by atomic mass is 32.2. The zero-order valence-electron chi connectivity index (χ0n) is 17.1. The lowest BCUT2D eigenvalue weighted by molar-refractivity contribution is 0.560. The first-order valence-electron chi connectivity index (χ1n) is 9.43. The Balaban J connectivity index is 1.86. The third kappa shape index (κ3) is 3.13. The lowest BCUT2D eigenvalue weighted by Crippen LogP contribution is -2.43. The molecule has 0 unspecified atom stereocenters. The van der Waals surface area contributed by atoms with E-state index in [1.807, 2.05) is 11.9 Å². The highest BCUT2D eigenvalue weighted by Gasteiger charge is 2.36. The lowest BCUT2D eigenvalue weighted by atomic mass is 10.1. The predicted molar refractivity (Wildman–Crippen MR) is 112 cm³/mol. The van der Waals surface area contributed by atoms with Crippen molar-refractivity contribution in [1.29, 1.82) is 0 Å². The van der Waals surface area contributed by atoms with Crippen LogP contribution in [0.2, 0.25) is 0 Å². The topological polar surface area (TPSA) is 58.4 Å². The molecule has 0 amide bonds. The summed E-state index contributed by atoms with van der Waals surface area (Å²) in [7, 11) is -0.687. The maximum absolute atomic E-state index is 15.2. The van der Waals surface area contributed by atoms with Crippen molar-refractivity contribution in [2.75, 3.05) is 29.3 Å². The van der Waals surface area contributed by atoms with Gasteiger partial charge in [0, 0.05) is 38.0 Å². The number of halogens is 2. The number of rotatable bonds is 3. The standard InChI is InChI=1S/C21H22F2N4O2S/c1-13-9-15(16-11-24-26(4)12-16)10-18(23)21(13)30(28,29)27-8-7-25(3)19-6-5-17(22)14(2)20(19)27/h5-6,9-12H,7-8H2,1-4H3. The molecule has 1 aliphatic rings. The molecule has 158 valence electrons. The maximum Gasteiger partial charge on any atom is 0.267 e. The zero-order valence-corrected chi connectivity index (χ0v) is 18.0. The number of hydrogen-bond acceptors (Lipinski definition) is 4. The van der Waals surface area contributed by atoms with E-state index in [1.165, 1.54) is 19.1 Å². The van der Waals surface area contributed by atoms with Crippen LogP contribution >= 0.6 is 0 Å². The Labute approximate surface area is 174 Å². The van der Waals surface area contributed by atoms with Crippen LogP contribution in [0.4, 0.5) is 20.2 Å². The van der Waals surface area contributed by atoms with Crippen LogP contribution in [0.5, 0.6) is 0 Å². The molecule has 6 nitrogen and oxygen atoms in total. The molecule has 0 radical (unpaired) electrons. The third-order valence-corrected chi connectivity index (χ3v) is 7.44. The number of aryl methyl sites for hydroxylation is 2. The molecule has 2 aromatic carbocycles. The minimum Gasteiger partial charge on any atom is -0.371 e. The van der Waals surface area contributed by atoms with Crippen LogP contribution in [-0.4, -0.2) is 38.3 Å². The fraction of sp³-hybridized carbons (Fsp3) is 0.286. The summed E-state index contributed by atoms with van der Waals surface area (Å²) in [6.07, 6.45) is 3.32. The van der Waals surface area contributed by atoms with E-state index in [-0.39, 0.29) is 23.4 Å². The second kappa shape index (κ2) is 7.09. The Morgan fingerprint density at radius 2 is 1.73 bits per heavy atom. The second-order valence-electron chi connectivity index (χ2n) is 7.55. The molecule has 9 heteroatoms. The smallest absolute Gasteiger partial charge is 0.267 e. The summed E-state index contributed by atoms with van der Waals surface area (Å²) in [6.45, 7) is 3.60. The van der Waals surface area contributed by atoms with Gasteiger partial charge in [0.25, 0.3) is 10.0 Å². The molecular formula is C21H22F2N4O2S. The molecule has 1 aliphatic heterocycles. The molecule has 0 fully saturated rings. The Kier molecular flexibility index (Phi) is 4.80. The van der Waals surface area contributed by atoms with Gasteiger partial charge in [-0.25, -0.2) is 17.2 Å². The summed E-state index contributed by atoms with van der Waals surface area (Å²) in [4.78, 5) is 1.47. The summed E-state index contributed by atoms with van der Waals surface area (Å²) in [5.74, 6) is -1.35. The van der Waals surface area contributed by atoms with Crippen molar-refractivity contribution in [3.8, 4) is 11.1 Å². The number of hydrogen-bond donors (Lipinski definition) is 0. The molecule has 3 aromatic rings. The SMILES string of the molecule is Cc1cc(-c2cnn(C)c2)cc(F)c1S(=O)(=O)N1CCN(C)c2ccc(F)c(C)c21. The predicted octanol–water partition coefficient (Wildman–Crippen LogP) is 3.63. The summed E-state index contributed by atoms with van der Waals surface area (Å²) < 4.78 is 59.2. The fourth-order valence-electron chi connectivity index (χ4n) is 3.90. The van der Waals surface area contributed by atoms with Crippen molar-refractivity contribution in [2.24, 2.45) is 7.05 Å². The van der Waals surface area contributed by atoms with E-state index >= 15 is 4.39 Å². The van der Waals surface area contributed by atoms with E-state index < -0.39 is 26.6 Å².